The number of hydrogen-bond acceptors (Lipinski definition) is 4. The lowest BCUT2D eigenvalue weighted by Crippen LogP contribution is -2.28. The maximum Gasteiger partial charge on any atom is 0.0831 e. The number of aliphatic hydroxyl groups is 1. The van der Waals surface area contributed by atoms with Gasteiger partial charge in [0.05, 0.1) is 18.8 Å². The highest BCUT2D eigenvalue weighted by molar-refractivity contribution is 4.67. The Kier molecular flexibility index (Phi) is 7.83. The van der Waals surface area contributed by atoms with E-state index in [2.05, 4.69) is 5.18 Å². The van der Waals surface area contributed by atoms with Crippen LogP contribution in [0.3, 0.4) is 0 Å². The van der Waals surface area contributed by atoms with E-state index >= 15 is 0 Å². The molecule has 13 heavy (non-hydrogen) atoms. The van der Waals surface area contributed by atoms with Gasteiger partial charge in [-0.1, -0.05) is 12.1 Å². The van der Waals surface area contributed by atoms with E-state index in [1.165, 1.54) is 0 Å². The van der Waals surface area contributed by atoms with Gasteiger partial charge < -0.3 is 9.84 Å². The Bertz CT molecular complexity index is 130. The van der Waals surface area contributed by atoms with E-state index in [0.717, 1.165) is 6.42 Å². The van der Waals surface area contributed by atoms with Gasteiger partial charge in [-0.2, -0.15) is 4.91 Å². The average Bonchev–Trinajstić information content (AvgIpc) is 2.14. The van der Waals surface area contributed by atoms with Crippen molar-refractivity contribution in [3.63, 3.8) is 0 Å². The Balaban J connectivity index is 3.62. The SMILES string of the molecule is CCOC(CC)C(O)CCCN=O. The second-order valence-electron chi connectivity index (χ2n) is 2.96. The third-order valence-corrected chi connectivity index (χ3v) is 1.96. The number of nitroso groups, excluding NO2 is 1. The molecule has 0 aliphatic rings. The van der Waals surface area contributed by atoms with Crippen LogP contribution in [0.1, 0.15) is 33.1 Å². The minimum Gasteiger partial charge on any atom is -0.390 e. The van der Waals surface area contributed by atoms with Crippen LogP contribution < -0.4 is 0 Å². The second kappa shape index (κ2) is 8.13. The Morgan fingerprint density at radius 2 is 2.15 bits per heavy atom. The number of aliphatic hydroxyl groups excluding tert-OH is 1. The van der Waals surface area contributed by atoms with E-state index in [9.17, 15) is 10.0 Å². The van der Waals surface area contributed by atoms with Crippen molar-refractivity contribution < 1.29 is 9.84 Å². The van der Waals surface area contributed by atoms with E-state index < -0.39 is 6.10 Å². The quantitative estimate of drug-likeness (QED) is 0.467. The summed E-state index contributed by atoms with van der Waals surface area (Å²) in [5.41, 5.74) is 0. The Hall–Kier alpha value is -0.480. The third kappa shape index (κ3) is 5.71. The van der Waals surface area contributed by atoms with Crippen LogP contribution >= 0.6 is 0 Å². The van der Waals surface area contributed by atoms with Gasteiger partial charge in [0, 0.05) is 6.61 Å². The Morgan fingerprint density at radius 1 is 1.46 bits per heavy atom. The molecule has 0 spiro atoms. The molecular weight excluding hydrogens is 170 g/mol. The molecule has 0 aromatic heterocycles. The molecule has 2 unspecified atom stereocenters. The maximum absolute atomic E-state index is 9.79. The lowest BCUT2D eigenvalue weighted by atomic mass is 10.1. The summed E-state index contributed by atoms with van der Waals surface area (Å²) in [5, 5.41) is 12.3. The van der Waals surface area contributed by atoms with Crippen LogP contribution in [0.4, 0.5) is 0 Å². The summed E-state index contributed by atoms with van der Waals surface area (Å²) in [6.45, 7) is 4.77. The van der Waals surface area contributed by atoms with Crippen LogP contribution in [0.25, 0.3) is 0 Å². The molecule has 0 fully saturated rings. The Labute approximate surface area is 79.3 Å². The zero-order valence-corrected chi connectivity index (χ0v) is 8.40. The normalized spacial score (nSPS) is 15.3. The standard InChI is InChI=1S/C9H19NO3/c1-3-9(13-4-2)8(11)6-5-7-10-12/h8-9,11H,3-7H2,1-2H3. The fourth-order valence-corrected chi connectivity index (χ4v) is 1.27. The maximum atomic E-state index is 9.79. The van der Waals surface area contributed by atoms with Gasteiger partial charge in [0.2, 0.25) is 0 Å². The predicted octanol–water partition coefficient (Wildman–Crippen LogP) is 1.71. The average molecular weight is 189 g/mol. The minimum absolute atomic E-state index is 0.100. The summed E-state index contributed by atoms with van der Waals surface area (Å²) >= 11 is 0. The molecule has 0 heterocycles. The zero-order chi connectivity index (χ0) is 10.1. The van der Waals surface area contributed by atoms with Crippen molar-refractivity contribution in [2.75, 3.05) is 13.2 Å². The van der Waals surface area contributed by atoms with Crippen molar-refractivity contribution in [3.8, 4) is 0 Å². The number of rotatable bonds is 8. The summed E-state index contributed by atoms with van der Waals surface area (Å²) in [6, 6.07) is 0. The second-order valence-corrected chi connectivity index (χ2v) is 2.96. The van der Waals surface area contributed by atoms with E-state index in [4.69, 9.17) is 4.74 Å². The first-order valence-electron chi connectivity index (χ1n) is 4.85. The van der Waals surface area contributed by atoms with Crippen LogP contribution in [0.15, 0.2) is 5.18 Å². The lowest BCUT2D eigenvalue weighted by molar-refractivity contribution is -0.0375. The highest BCUT2D eigenvalue weighted by atomic mass is 16.5. The van der Waals surface area contributed by atoms with Gasteiger partial charge in [0.15, 0.2) is 0 Å². The van der Waals surface area contributed by atoms with Gasteiger partial charge in [-0.05, 0) is 26.2 Å². The molecule has 0 amide bonds. The molecule has 0 saturated carbocycles. The fraction of sp³-hybridized carbons (Fsp3) is 1.00. The van der Waals surface area contributed by atoms with Gasteiger partial charge in [0.25, 0.3) is 0 Å². The first-order valence-corrected chi connectivity index (χ1v) is 4.85. The lowest BCUT2D eigenvalue weighted by Gasteiger charge is -2.20. The molecule has 0 aromatic carbocycles. The molecule has 0 radical (unpaired) electrons. The fourth-order valence-electron chi connectivity index (χ4n) is 1.27. The van der Waals surface area contributed by atoms with Crippen molar-refractivity contribution in [1.29, 1.82) is 0 Å². The molecule has 1 N–H and O–H groups in total. The van der Waals surface area contributed by atoms with Crippen LogP contribution in [-0.4, -0.2) is 30.5 Å². The van der Waals surface area contributed by atoms with Gasteiger partial charge in [-0.15, -0.1) is 0 Å². The Morgan fingerprint density at radius 3 is 2.62 bits per heavy atom. The van der Waals surface area contributed by atoms with Crippen molar-refractivity contribution in [2.45, 2.75) is 45.3 Å². The van der Waals surface area contributed by atoms with Crippen LogP contribution in [0.2, 0.25) is 0 Å². The smallest absolute Gasteiger partial charge is 0.0831 e. The molecule has 0 saturated heterocycles. The topological polar surface area (TPSA) is 58.9 Å². The zero-order valence-electron chi connectivity index (χ0n) is 8.40. The first-order chi connectivity index (χ1) is 6.26. The first kappa shape index (κ1) is 12.5. The summed E-state index contributed by atoms with van der Waals surface area (Å²) in [6.07, 6.45) is 1.45. The van der Waals surface area contributed by atoms with Crippen molar-refractivity contribution in [2.24, 2.45) is 5.18 Å². The molecular formula is C9H19NO3. The predicted molar refractivity (Wildman–Crippen MR) is 51.6 cm³/mol. The van der Waals surface area contributed by atoms with Crippen molar-refractivity contribution in [3.05, 3.63) is 4.91 Å². The van der Waals surface area contributed by atoms with Crippen LogP contribution in [-0.2, 0) is 4.74 Å². The van der Waals surface area contributed by atoms with E-state index in [1.807, 2.05) is 13.8 Å². The molecule has 0 aromatic rings. The van der Waals surface area contributed by atoms with Crippen LogP contribution in [0.5, 0.6) is 0 Å². The molecule has 4 heteroatoms. The summed E-state index contributed by atoms with van der Waals surface area (Å²) in [4.78, 5) is 9.79. The monoisotopic (exact) mass is 189 g/mol. The largest absolute Gasteiger partial charge is 0.390 e. The summed E-state index contributed by atoms with van der Waals surface area (Å²) in [5.74, 6) is 0. The molecule has 0 aliphatic carbocycles. The summed E-state index contributed by atoms with van der Waals surface area (Å²) < 4.78 is 5.32. The van der Waals surface area contributed by atoms with Gasteiger partial charge in [0.1, 0.15) is 0 Å². The van der Waals surface area contributed by atoms with E-state index in [-0.39, 0.29) is 12.6 Å². The molecule has 0 aliphatic heterocycles. The highest BCUT2D eigenvalue weighted by Crippen LogP contribution is 2.09. The van der Waals surface area contributed by atoms with E-state index in [0.29, 0.717) is 19.4 Å². The number of ether oxygens (including phenoxy) is 1. The molecule has 78 valence electrons. The number of hydrogen-bond donors (Lipinski definition) is 1. The van der Waals surface area contributed by atoms with Gasteiger partial charge in [-0.25, -0.2) is 0 Å². The van der Waals surface area contributed by atoms with Crippen molar-refractivity contribution >= 4 is 0 Å². The molecule has 2 atom stereocenters. The van der Waals surface area contributed by atoms with Crippen LogP contribution in [0, 0.1) is 4.91 Å². The third-order valence-electron chi connectivity index (χ3n) is 1.96. The highest BCUT2D eigenvalue weighted by Gasteiger charge is 2.16. The molecule has 4 nitrogen and oxygen atoms in total. The summed E-state index contributed by atoms with van der Waals surface area (Å²) in [7, 11) is 0. The minimum atomic E-state index is -0.466. The van der Waals surface area contributed by atoms with Gasteiger partial charge in [-0.3, -0.25) is 0 Å². The molecule has 0 rings (SSSR count). The molecule has 0 bridgehead atoms. The van der Waals surface area contributed by atoms with E-state index in [1.54, 1.807) is 0 Å². The number of nitrogens with zero attached hydrogens (tertiary/aromatic N) is 1. The van der Waals surface area contributed by atoms with Gasteiger partial charge >= 0.3 is 0 Å². The van der Waals surface area contributed by atoms with Crippen molar-refractivity contribution in [1.82, 2.24) is 0 Å².